The van der Waals surface area contributed by atoms with Gasteiger partial charge >= 0.3 is 0 Å². The highest BCUT2D eigenvalue weighted by Gasteiger charge is 2.34. The number of carbonyl (C=O) groups excluding carboxylic acids is 2. The summed E-state index contributed by atoms with van der Waals surface area (Å²) in [6.07, 6.45) is 6.08. The van der Waals surface area contributed by atoms with Crippen LogP contribution in [0.2, 0.25) is 0 Å². The monoisotopic (exact) mass is 453 g/mol. The van der Waals surface area contributed by atoms with E-state index in [0.29, 0.717) is 26.1 Å². The summed E-state index contributed by atoms with van der Waals surface area (Å²) in [5.74, 6) is 0.671. The van der Waals surface area contributed by atoms with E-state index < -0.39 is 6.10 Å². The van der Waals surface area contributed by atoms with Crippen LogP contribution in [0.4, 0.5) is 0 Å². The van der Waals surface area contributed by atoms with Crippen molar-refractivity contribution in [3.63, 3.8) is 0 Å². The van der Waals surface area contributed by atoms with Gasteiger partial charge in [-0.3, -0.25) is 14.6 Å². The second-order valence-corrected chi connectivity index (χ2v) is 8.72. The Balaban J connectivity index is 1.24. The highest BCUT2D eigenvalue weighted by atomic mass is 16.5. The molecule has 6 heteroatoms. The van der Waals surface area contributed by atoms with E-state index in [2.05, 4.69) is 10.3 Å². The molecular weight excluding hydrogens is 426 g/mol. The Labute approximate surface area is 199 Å². The third kappa shape index (κ3) is 4.57. The van der Waals surface area contributed by atoms with E-state index in [4.69, 9.17) is 4.74 Å². The van der Waals surface area contributed by atoms with Crippen molar-refractivity contribution in [1.82, 2.24) is 15.2 Å². The van der Waals surface area contributed by atoms with E-state index >= 15 is 0 Å². The van der Waals surface area contributed by atoms with Gasteiger partial charge < -0.3 is 15.0 Å². The van der Waals surface area contributed by atoms with Crippen molar-refractivity contribution in [2.24, 2.45) is 0 Å². The van der Waals surface area contributed by atoms with Gasteiger partial charge in [-0.2, -0.15) is 0 Å². The van der Waals surface area contributed by atoms with Crippen molar-refractivity contribution in [2.45, 2.75) is 39.0 Å². The fourth-order valence-electron chi connectivity index (χ4n) is 4.64. The molecule has 1 aromatic heterocycles. The molecule has 34 heavy (non-hydrogen) atoms. The van der Waals surface area contributed by atoms with Crippen LogP contribution in [0.1, 0.15) is 33.5 Å². The normalized spacial score (nSPS) is 16.6. The molecule has 172 valence electrons. The average molecular weight is 454 g/mol. The first-order valence-electron chi connectivity index (χ1n) is 11.6. The molecular formula is C28H27N3O3. The Bertz CT molecular complexity index is 1230. The molecule has 0 bridgehead atoms. The van der Waals surface area contributed by atoms with Crippen LogP contribution in [0.25, 0.3) is 6.08 Å². The molecule has 0 fully saturated rings. The van der Waals surface area contributed by atoms with Crippen molar-refractivity contribution >= 4 is 17.9 Å². The Morgan fingerprint density at radius 1 is 1.12 bits per heavy atom. The predicted octanol–water partition coefficient (Wildman–Crippen LogP) is 3.61. The lowest BCUT2D eigenvalue weighted by atomic mass is 9.94. The minimum Gasteiger partial charge on any atom is -0.480 e. The largest absolute Gasteiger partial charge is 0.480 e. The van der Waals surface area contributed by atoms with Gasteiger partial charge in [-0.15, -0.1) is 0 Å². The lowest BCUT2D eigenvalue weighted by Crippen LogP contribution is -2.44. The van der Waals surface area contributed by atoms with Gasteiger partial charge in [0.25, 0.3) is 5.91 Å². The van der Waals surface area contributed by atoms with E-state index in [1.165, 1.54) is 5.56 Å². The van der Waals surface area contributed by atoms with E-state index in [9.17, 15) is 9.59 Å². The maximum atomic E-state index is 13.2. The number of nitrogens with zero attached hydrogens (tertiary/aromatic N) is 2. The molecule has 3 aromatic rings. The van der Waals surface area contributed by atoms with Gasteiger partial charge in [0.15, 0.2) is 6.10 Å². The number of fused-ring (bicyclic) bond motifs is 2. The molecule has 0 unspecified atom stereocenters. The number of benzene rings is 2. The molecule has 0 aliphatic carbocycles. The first kappa shape index (κ1) is 21.9. The standard InChI is InChI=1S/C28H27N3O3/c1-19-24(17-30-27(32)12-11-20-7-3-2-4-8-20)23-13-14-31(18-22(23)16-29-19)28(33)26-15-21-9-5-6-10-25(21)34-26/h2-12,16,26H,13-15,17-18H2,1H3,(H,30,32)/b12-11+/t26-/m1/s1. The average Bonchev–Trinajstić information content (AvgIpc) is 3.31. The molecule has 2 aliphatic rings. The van der Waals surface area contributed by atoms with Crippen LogP contribution >= 0.6 is 0 Å². The second kappa shape index (κ2) is 9.51. The summed E-state index contributed by atoms with van der Waals surface area (Å²) in [4.78, 5) is 31.9. The van der Waals surface area contributed by atoms with Crippen LogP contribution in [0.3, 0.4) is 0 Å². The molecule has 3 heterocycles. The predicted molar refractivity (Wildman–Crippen MR) is 130 cm³/mol. The van der Waals surface area contributed by atoms with Gasteiger partial charge in [0.05, 0.1) is 0 Å². The zero-order valence-electron chi connectivity index (χ0n) is 19.2. The number of aromatic nitrogens is 1. The van der Waals surface area contributed by atoms with E-state index in [-0.39, 0.29) is 11.8 Å². The Hall–Kier alpha value is -3.93. The van der Waals surface area contributed by atoms with E-state index in [0.717, 1.165) is 40.1 Å². The molecule has 5 rings (SSSR count). The van der Waals surface area contributed by atoms with E-state index in [1.54, 1.807) is 12.2 Å². The second-order valence-electron chi connectivity index (χ2n) is 8.72. The number of carbonyl (C=O) groups is 2. The summed E-state index contributed by atoms with van der Waals surface area (Å²) in [5.41, 5.74) is 6.21. The third-order valence-corrected chi connectivity index (χ3v) is 6.50. The zero-order valence-corrected chi connectivity index (χ0v) is 19.2. The number of hydrogen-bond donors (Lipinski definition) is 1. The topological polar surface area (TPSA) is 71.5 Å². The fraction of sp³-hybridized carbons (Fsp3) is 0.250. The SMILES string of the molecule is Cc1ncc2c(c1CNC(=O)/C=C/c1ccccc1)CCN(C(=O)[C@H]1Cc3ccccc3O1)C2. The van der Waals surface area contributed by atoms with Crippen LogP contribution in [0.15, 0.2) is 66.9 Å². The molecule has 0 saturated carbocycles. The number of para-hydroxylation sites is 1. The Morgan fingerprint density at radius 2 is 1.91 bits per heavy atom. The van der Waals surface area contributed by atoms with Gasteiger partial charge in [-0.25, -0.2) is 0 Å². The van der Waals surface area contributed by atoms with Crippen LogP contribution in [-0.4, -0.2) is 34.3 Å². The minimum absolute atomic E-state index is 0.0170. The summed E-state index contributed by atoms with van der Waals surface area (Å²) in [5, 5.41) is 2.98. The number of hydrogen-bond acceptors (Lipinski definition) is 4. The van der Waals surface area contributed by atoms with Gasteiger partial charge in [0, 0.05) is 44.0 Å². The number of ether oxygens (including phenoxy) is 1. The number of nitrogens with one attached hydrogen (secondary N) is 1. The van der Waals surface area contributed by atoms with Crippen molar-refractivity contribution in [3.8, 4) is 5.75 Å². The summed E-state index contributed by atoms with van der Waals surface area (Å²) < 4.78 is 5.91. The van der Waals surface area contributed by atoms with Crippen molar-refractivity contribution in [2.75, 3.05) is 6.54 Å². The van der Waals surface area contributed by atoms with Crippen molar-refractivity contribution in [3.05, 3.63) is 100 Å². The van der Waals surface area contributed by atoms with Crippen molar-refractivity contribution < 1.29 is 14.3 Å². The Morgan fingerprint density at radius 3 is 2.74 bits per heavy atom. The molecule has 2 amide bonds. The number of amides is 2. The summed E-state index contributed by atoms with van der Waals surface area (Å²) in [6, 6.07) is 17.5. The fourth-order valence-corrected chi connectivity index (χ4v) is 4.64. The minimum atomic E-state index is -0.465. The summed E-state index contributed by atoms with van der Waals surface area (Å²) >= 11 is 0. The Kier molecular flexibility index (Phi) is 6.12. The van der Waals surface area contributed by atoms with Crippen molar-refractivity contribution in [1.29, 1.82) is 0 Å². The maximum Gasteiger partial charge on any atom is 0.264 e. The molecule has 0 spiro atoms. The van der Waals surface area contributed by atoms with Gasteiger partial charge in [-0.05, 0) is 53.3 Å². The number of pyridine rings is 1. The third-order valence-electron chi connectivity index (χ3n) is 6.50. The summed E-state index contributed by atoms with van der Waals surface area (Å²) in [6.45, 7) is 3.50. The van der Waals surface area contributed by atoms with Crippen LogP contribution in [0.5, 0.6) is 5.75 Å². The first-order valence-corrected chi connectivity index (χ1v) is 11.6. The molecule has 1 N–H and O–H groups in total. The number of aryl methyl sites for hydroxylation is 1. The van der Waals surface area contributed by atoms with Gasteiger partial charge in [-0.1, -0.05) is 48.5 Å². The molecule has 0 radical (unpaired) electrons. The molecule has 1 atom stereocenters. The van der Waals surface area contributed by atoms with Gasteiger partial charge in [0.1, 0.15) is 5.75 Å². The van der Waals surface area contributed by atoms with Crippen LogP contribution in [0, 0.1) is 6.92 Å². The molecule has 2 aromatic carbocycles. The lowest BCUT2D eigenvalue weighted by molar-refractivity contribution is -0.138. The highest BCUT2D eigenvalue weighted by Crippen LogP contribution is 2.30. The quantitative estimate of drug-likeness (QED) is 0.599. The molecule has 6 nitrogen and oxygen atoms in total. The van der Waals surface area contributed by atoms with Gasteiger partial charge in [0.2, 0.25) is 5.91 Å². The zero-order chi connectivity index (χ0) is 23.5. The first-order chi connectivity index (χ1) is 16.6. The smallest absolute Gasteiger partial charge is 0.264 e. The summed E-state index contributed by atoms with van der Waals surface area (Å²) in [7, 11) is 0. The lowest BCUT2D eigenvalue weighted by Gasteiger charge is -2.32. The van der Waals surface area contributed by atoms with E-state index in [1.807, 2.05) is 72.6 Å². The molecule has 2 aliphatic heterocycles. The number of rotatable bonds is 5. The molecule has 0 saturated heterocycles. The highest BCUT2D eigenvalue weighted by molar-refractivity contribution is 5.91. The maximum absolute atomic E-state index is 13.2. The van der Waals surface area contributed by atoms with Crippen LogP contribution < -0.4 is 10.1 Å². The van der Waals surface area contributed by atoms with Crippen LogP contribution in [-0.2, 0) is 35.5 Å².